The quantitative estimate of drug-likeness (QED) is 0.780. The third kappa shape index (κ3) is 2.63. The molecule has 1 amide bonds. The maximum absolute atomic E-state index is 13.8. The molecule has 0 spiro atoms. The Hall–Kier alpha value is -2.89. The molecule has 0 aliphatic heterocycles. The van der Waals surface area contributed by atoms with Gasteiger partial charge in [0.25, 0.3) is 11.5 Å². The Morgan fingerprint density at radius 3 is 2.78 bits per heavy atom. The maximum Gasteiger partial charge on any atom is 0.274 e. The first kappa shape index (κ1) is 15.0. The molecule has 0 saturated heterocycles. The van der Waals surface area contributed by atoms with Crippen molar-refractivity contribution < 1.29 is 9.18 Å². The maximum atomic E-state index is 13.8. The molecule has 2 heterocycles. The molecule has 2 aromatic heterocycles. The summed E-state index contributed by atoms with van der Waals surface area (Å²) in [6.07, 6.45) is 3.10. The van der Waals surface area contributed by atoms with Gasteiger partial charge in [-0.15, -0.1) is 0 Å². The second kappa shape index (κ2) is 5.72. The molecule has 0 saturated carbocycles. The van der Waals surface area contributed by atoms with Gasteiger partial charge in [-0.05, 0) is 19.1 Å². The number of hydrogen-bond donors (Lipinski definition) is 2. The van der Waals surface area contributed by atoms with E-state index in [1.165, 1.54) is 16.8 Å². The monoisotopic (exact) mass is 313 g/mol. The van der Waals surface area contributed by atoms with Crippen LogP contribution >= 0.6 is 0 Å². The fourth-order valence-corrected chi connectivity index (χ4v) is 2.63. The third-order valence-corrected chi connectivity index (χ3v) is 3.86. The lowest BCUT2D eigenvalue weighted by Gasteiger charge is -2.16. The van der Waals surface area contributed by atoms with Crippen molar-refractivity contribution in [3.05, 3.63) is 70.0 Å². The van der Waals surface area contributed by atoms with Crippen molar-refractivity contribution in [2.24, 2.45) is 7.05 Å². The summed E-state index contributed by atoms with van der Waals surface area (Å²) >= 11 is 0. The van der Waals surface area contributed by atoms with E-state index in [1.54, 1.807) is 44.4 Å². The van der Waals surface area contributed by atoms with Crippen LogP contribution in [0.1, 0.15) is 28.9 Å². The van der Waals surface area contributed by atoms with E-state index >= 15 is 0 Å². The van der Waals surface area contributed by atoms with Crippen molar-refractivity contribution in [1.29, 1.82) is 0 Å². The molecule has 23 heavy (non-hydrogen) atoms. The number of amides is 1. The van der Waals surface area contributed by atoms with E-state index in [4.69, 9.17) is 0 Å². The number of rotatable bonds is 3. The Morgan fingerprint density at radius 2 is 2.04 bits per heavy atom. The van der Waals surface area contributed by atoms with Gasteiger partial charge in [-0.2, -0.15) is 0 Å². The van der Waals surface area contributed by atoms with E-state index in [9.17, 15) is 14.0 Å². The molecule has 1 unspecified atom stereocenters. The van der Waals surface area contributed by atoms with Gasteiger partial charge < -0.3 is 14.9 Å². The van der Waals surface area contributed by atoms with Crippen molar-refractivity contribution in [2.75, 3.05) is 0 Å². The topological polar surface area (TPSA) is 66.9 Å². The number of carbonyl (C=O) groups excluding carboxylic acids is 1. The van der Waals surface area contributed by atoms with Crippen molar-refractivity contribution in [3.63, 3.8) is 0 Å². The van der Waals surface area contributed by atoms with Crippen LogP contribution in [0.25, 0.3) is 10.9 Å². The largest absolute Gasteiger partial charge is 0.357 e. The molecular formula is C17H16FN3O2. The molecule has 3 rings (SSSR count). The highest BCUT2D eigenvalue weighted by Crippen LogP contribution is 2.19. The predicted octanol–water partition coefficient (Wildman–Crippen LogP) is 2.50. The van der Waals surface area contributed by atoms with Crippen molar-refractivity contribution in [2.45, 2.75) is 13.0 Å². The number of aromatic amines is 1. The number of halogens is 1. The van der Waals surface area contributed by atoms with Gasteiger partial charge in [0.05, 0.1) is 11.6 Å². The fraction of sp³-hybridized carbons (Fsp3) is 0.176. The number of fused-ring (bicyclic) bond motifs is 1. The molecule has 1 aromatic carbocycles. The molecule has 1 atom stereocenters. The molecule has 0 bridgehead atoms. The SMILES string of the molecule is CC(NC(=O)c1cn(C)c(=O)c2[nH]ccc12)c1ccccc1F. The fourth-order valence-electron chi connectivity index (χ4n) is 2.63. The normalized spacial score (nSPS) is 12.3. The Morgan fingerprint density at radius 1 is 1.30 bits per heavy atom. The minimum atomic E-state index is -0.491. The van der Waals surface area contributed by atoms with E-state index in [0.29, 0.717) is 22.0 Å². The summed E-state index contributed by atoms with van der Waals surface area (Å²) in [4.78, 5) is 27.4. The Balaban J connectivity index is 1.96. The smallest absolute Gasteiger partial charge is 0.274 e. The van der Waals surface area contributed by atoms with Gasteiger partial charge in [-0.1, -0.05) is 18.2 Å². The van der Waals surface area contributed by atoms with Crippen LogP contribution in [0.5, 0.6) is 0 Å². The predicted molar refractivity (Wildman–Crippen MR) is 85.8 cm³/mol. The van der Waals surface area contributed by atoms with E-state index in [-0.39, 0.29) is 17.3 Å². The zero-order valence-corrected chi connectivity index (χ0v) is 12.8. The number of benzene rings is 1. The second-order valence-electron chi connectivity index (χ2n) is 5.44. The Bertz CT molecular complexity index is 942. The Kier molecular flexibility index (Phi) is 3.73. The van der Waals surface area contributed by atoms with Crippen LogP contribution in [0.2, 0.25) is 0 Å². The number of hydrogen-bond acceptors (Lipinski definition) is 2. The zero-order chi connectivity index (χ0) is 16.6. The molecule has 0 aliphatic rings. The second-order valence-corrected chi connectivity index (χ2v) is 5.44. The summed E-state index contributed by atoms with van der Waals surface area (Å²) in [5, 5.41) is 3.32. The molecule has 0 aliphatic carbocycles. The van der Waals surface area contributed by atoms with E-state index < -0.39 is 6.04 Å². The van der Waals surface area contributed by atoms with Gasteiger partial charge in [0.15, 0.2) is 0 Å². The number of carbonyl (C=O) groups is 1. The lowest BCUT2D eigenvalue weighted by molar-refractivity contribution is 0.0940. The van der Waals surface area contributed by atoms with Gasteiger partial charge in [0.1, 0.15) is 11.3 Å². The van der Waals surface area contributed by atoms with Gasteiger partial charge >= 0.3 is 0 Å². The summed E-state index contributed by atoms with van der Waals surface area (Å²) in [6, 6.07) is 7.50. The Labute approximate surface area is 131 Å². The molecular weight excluding hydrogens is 297 g/mol. The number of pyridine rings is 1. The van der Waals surface area contributed by atoms with Gasteiger partial charge in [-0.25, -0.2) is 4.39 Å². The first-order valence-electron chi connectivity index (χ1n) is 7.21. The van der Waals surface area contributed by atoms with Crippen molar-refractivity contribution in [1.82, 2.24) is 14.9 Å². The average Bonchev–Trinajstić information content (AvgIpc) is 3.00. The summed E-state index contributed by atoms with van der Waals surface area (Å²) < 4.78 is 15.2. The molecule has 0 fully saturated rings. The molecule has 6 heteroatoms. The van der Waals surface area contributed by atoms with E-state index in [0.717, 1.165) is 0 Å². The average molecular weight is 313 g/mol. The highest BCUT2D eigenvalue weighted by molar-refractivity contribution is 6.06. The van der Waals surface area contributed by atoms with Crippen molar-refractivity contribution in [3.8, 4) is 0 Å². The molecule has 0 radical (unpaired) electrons. The molecule has 118 valence electrons. The number of nitrogens with zero attached hydrogens (tertiary/aromatic N) is 1. The van der Waals surface area contributed by atoms with E-state index in [1.807, 2.05) is 0 Å². The highest BCUT2D eigenvalue weighted by Gasteiger charge is 2.18. The van der Waals surface area contributed by atoms with Gasteiger partial charge in [0, 0.05) is 30.4 Å². The summed E-state index contributed by atoms with van der Waals surface area (Å²) in [6.45, 7) is 1.71. The van der Waals surface area contributed by atoms with E-state index in [2.05, 4.69) is 10.3 Å². The van der Waals surface area contributed by atoms with Crippen LogP contribution in [-0.4, -0.2) is 15.5 Å². The van der Waals surface area contributed by atoms with Crippen LogP contribution in [-0.2, 0) is 7.05 Å². The highest BCUT2D eigenvalue weighted by atomic mass is 19.1. The summed E-state index contributed by atoms with van der Waals surface area (Å²) in [7, 11) is 1.58. The molecule has 5 nitrogen and oxygen atoms in total. The van der Waals surface area contributed by atoms with Crippen LogP contribution in [0.3, 0.4) is 0 Å². The lowest BCUT2D eigenvalue weighted by Crippen LogP contribution is -2.29. The lowest BCUT2D eigenvalue weighted by atomic mass is 10.1. The molecule has 3 aromatic rings. The van der Waals surface area contributed by atoms with Gasteiger partial charge in [0.2, 0.25) is 0 Å². The zero-order valence-electron chi connectivity index (χ0n) is 12.8. The molecule has 2 N–H and O–H groups in total. The minimum absolute atomic E-state index is 0.205. The summed E-state index contributed by atoms with van der Waals surface area (Å²) in [5.41, 5.74) is 0.949. The number of H-pyrrole nitrogens is 1. The summed E-state index contributed by atoms with van der Waals surface area (Å²) in [5.74, 6) is -0.728. The third-order valence-electron chi connectivity index (χ3n) is 3.86. The minimum Gasteiger partial charge on any atom is -0.357 e. The van der Waals surface area contributed by atoms with Crippen LogP contribution in [0, 0.1) is 5.82 Å². The van der Waals surface area contributed by atoms with Crippen molar-refractivity contribution >= 4 is 16.8 Å². The number of nitrogens with one attached hydrogen (secondary N) is 2. The van der Waals surface area contributed by atoms with Crippen LogP contribution in [0.4, 0.5) is 4.39 Å². The van der Waals surface area contributed by atoms with Crippen LogP contribution < -0.4 is 10.9 Å². The standard InChI is InChI=1S/C17H16FN3O2/c1-10(11-5-3-4-6-14(11)18)20-16(22)13-9-21(2)17(23)15-12(13)7-8-19-15/h3-10,19H,1-2H3,(H,20,22). The van der Waals surface area contributed by atoms with Crippen LogP contribution in [0.15, 0.2) is 47.5 Å². The first-order chi connectivity index (χ1) is 11.0. The van der Waals surface area contributed by atoms with Gasteiger partial charge in [-0.3, -0.25) is 9.59 Å². The first-order valence-corrected chi connectivity index (χ1v) is 7.21. The number of aryl methyl sites for hydroxylation is 1. The number of aromatic nitrogens is 2.